The molecule has 0 radical (unpaired) electrons. The fourth-order valence-corrected chi connectivity index (χ4v) is 3.13. The third kappa shape index (κ3) is 4.59. The van der Waals surface area contributed by atoms with Crippen molar-refractivity contribution in [3.63, 3.8) is 0 Å². The maximum Gasteiger partial charge on any atom is 0.0991 e. The van der Waals surface area contributed by atoms with Gasteiger partial charge in [0, 0.05) is 37.2 Å². The van der Waals surface area contributed by atoms with E-state index in [1.54, 1.807) is 6.20 Å². The minimum Gasteiger partial charge on any atom is -0.311 e. The van der Waals surface area contributed by atoms with E-state index in [2.05, 4.69) is 84.8 Å². The van der Waals surface area contributed by atoms with Gasteiger partial charge in [-0.05, 0) is 49.3 Å². The van der Waals surface area contributed by atoms with Crippen LogP contribution >= 0.6 is 0 Å². The average Bonchev–Trinajstić information content (AvgIpc) is 3.20. The highest BCUT2D eigenvalue weighted by Crippen LogP contribution is 2.18. The van der Waals surface area contributed by atoms with Gasteiger partial charge < -0.3 is 14.8 Å². The predicted octanol–water partition coefficient (Wildman–Crippen LogP) is 3.83. The Hall–Kier alpha value is -2.43. The van der Waals surface area contributed by atoms with Crippen LogP contribution in [0.25, 0.3) is 5.69 Å². The van der Waals surface area contributed by atoms with E-state index in [0.717, 1.165) is 25.2 Å². The van der Waals surface area contributed by atoms with Gasteiger partial charge in [0.2, 0.25) is 0 Å². The summed E-state index contributed by atoms with van der Waals surface area (Å²) >= 11 is 0. The number of aryl methyl sites for hydroxylation is 1. The van der Waals surface area contributed by atoms with E-state index in [1.807, 2.05) is 17.1 Å². The molecule has 0 aliphatic carbocycles. The van der Waals surface area contributed by atoms with E-state index in [-0.39, 0.29) is 0 Å². The summed E-state index contributed by atoms with van der Waals surface area (Å²) in [5, 5.41) is 3.60. The van der Waals surface area contributed by atoms with Crippen molar-refractivity contribution >= 4 is 0 Å². The Bertz CT molecular complexity index is 774. The van der Waals surface area contributed by atoms with Gasteiger partial charge in [0.1, 0.15) is 0 Å². The zero-order valence-electron chi connectivity index (χ0n) is 15.9. The highest BCUT2D eigenvalue weighted by atomic mass is 15.1. The number of rotatable bonds is 8. The maximum atomic E-state index is 4.09. The van der Waals surface area contributed by atoms with Gasteiger partial charge in [-0.3, -0.25) is 0 Å². The van der Waals surface area contributed by atoms with Crippen LogP contribution in [0.4, 0.5) is 0 Å². The Balaban J connectivity index is 1.57. The monoisotopic (exact) mass is 348 g/mol. The summed E-state index contributed by atoms with van der Waals surface area (Å²) in [6, 6.07) is 18.0. The molecule has 3 aromatic rings. The number of hydrogen-bond donors (Lipinski definition) is 1. The Morgan fingerprint density at radius 1 is 1.00 bits per heavy atom. The van der Waals surface area contributed by atoms with Crippen molar-refractivity contribution in [3.8, 4) is 5.69 Å². The number of aromatic nitrogens is 2. The van der Waals surface area contributed by atoms with E-state index in [9.17, 15) is 0 Å². The number of likely N-dealkylation sites (N-methyl/N-ethyl adjacent to an activating group) is 1. The second kappa shape index (κ2) is 8.79. The van der Waals surface area contributed by atoms with Crippen LogP contribution in [0, 0.1) is 0 Å². The molecule has 0 bridgehead atoms. The standard InChI is InChI=1S/C22H28N4/c1-4-18-5-9-20(10-6-18)22(25(2)3)16-24-15-19-7-11-21(12-8-19)26-14-13-23-17-26/h5-14,17,22,24H,4,15-16H2,1-3H3/t22-/m0/s1. The second-order valence-electron chi connectivity index (χ2n) is 6.84. The summed E-state index contributed by atoms with van der Waals surface area (Å²) < 4.78 is 2.01. The van der Waals surface area contributed by atoms with Crippen LogP contribution in [0.2, 0.25) is 0 Å². The molecule has 4 heteroatoms. The van der Waals surface area contributed by atoms with Crippen LogP contribution in [-0.4, -0.2) is 35.1 Å². The Morgan fingerprint density at radius 3 is 2.27 bits per heavy atom. The Labute approximate surface area is 156 Å². The zero-order chi connectivity index (χ0) is 18.4. The van der Waals surface area contributed by atoms with Crippen molar-refractivity contribution in [3.05, 3.63) is 83.9 Å². The number of benzene rings is 2. The smallest absolute Gasteiger partial charge is 0.0991 e. The normalized spacial score (nSPS) is 12.5. The molecular formula is C22H28N4. The van der Waals surface area contributed by atoms with E-state index < -0.39 is 0 Å². The van der Waals surface area contributed by atoms with Gasteiger partial charge in [0.25, 0.3) is 0 Å². The first-order valence-corrected chi connectivity index (χ1v) is 9.20. The molecule has 1 aromatic heterocycles. The lowest BCUT2D eigenvalue weighted by Crippen LogP contribution is -2.30. The summed E-state index contributed by atoms with van der Waals surface area (Å²) in [5.41, 5.74) is 5.16. The highest BCUT2D eigenvalue weighted by Gasteiger charge is 2.13. The lowest BCUT2D eigenvalue weighted by atomic mass is 10.0. The largest absolute Gasteiger partial charge is 0.311 e. The van der Waals surface area contributed by atoms with Crippen LogP contribution in [0.5, 0.6) is 0 Å². The predicted molar refractivity (Wildman–Crippen MR) is 108 cm³/mol. The quantitative estimate of drug-likeness (QED) is 0.672. The fourth-order valence-electron chi connectivity index (χ4n) is 3.13. The number of imidazole rings is 1. The SMILES string of the molecule is CCc1ccc([C@H](CNCc2ccc(-n3ccnc3)cc2)N(C)C)cc1. The van der Waals surface area contributed by atoms with E-state index in [1.165, 1.54) is 16.7 Å². The third-order valence-electron chi connectivity index (χ3n) is 4.80. The first-order chi connectivity index (χ1) is 12.7. The number of hydrogen-bond acceptors (Lipinski definition) is 3. The molecule has 1 heterocycles. The van der Waals surface area contributed by atoms with E-state index in [4.69, 9.17) is 0 Å². The van der Waals surface area contributed by atoms with Crippen molar-refractivity contribution in [1.29, 1.82) is 0 Å². The van der Waals surface area contributed by atoms with Gasteiger partial charge in [-0.2, -0.15) is 0 Å². The molecule has 0 spiro atoms. The van der Waals surface area contributed by atoms with E-state index >= 15 is 0 Å². The van der Waals surface area contributed by atoms with Gasteiger partial charge in [0.05, 0.1) is 6.33 Å². The summed E-state index contributed by atoms with van der Waals surface area (Å²) in [5.74, 6) is 0. The highest BCUT2D eigenvalue weighted by molar-refractivity contribution is 5.34. The van der Waals surface area contributed by atoms with Gasteiger partial charge in [-0.25, -0.2) is 4.98 Å². The lowest BCUT2D eigenvalue weighted by Gasteiger charge is -2.25. The van der Waals surface area contributed by atoms with Crippen LogP contribution in [-0.2, 0) is 13.0 Å². The molecule has 136 valence electrons. The molecule has 0 fully saturated rings. The second-order valence-corrected chi connectivity index (χ2v) is 6.84. The van der Waals surface area contributed by atoms with Crippen molar-refractivity contribution in [2.75, 3.05) is 20.6 Å². The van der Waals surface area contributed by atoms with Gasteiger partial charge >= 0.3 is 0 Å². The molecule has 2 aromatic carbocycles. The molecule has 1 atom stereocenters. The van der Waals surface area contributed by atoms with Gasteiger partial charge in [-0.15, -0.1) is 0 Å². The Morgan fingerprint density at radius 2 is 1.69 bits per heavy atom. The van der Waals surface area contributed by atoms with Crippen molar-refractivity contribution in [2.24, 2.45) is 0 Å². The maximum absolute atomic E-state index is 4.09. The molecule has 0 amide bonds. The van der Waals surface area contributed by atoms with Crippen LogP contribution in [0.3, 0.4) is 0 Å². The summed E-state index contributed by atoms with van der Waals surface area (Å²) in [7, 11) is 4.28. The van der Waals surface area contributed by atoms with Gasteiger partial charge in [0.15, 0.2) is 0 Å². The molecular weight excluding hydrogens is 320 g/mol. The van der Waals surface area contributed by atoms with E-state index in [0.29, 0.717) is 6.04 Å². The third-order valence-corrected chi connectivity index (χ3v) is 4.80. The zero-order valence-corrected chi connectivity index (χ0v) is 15.9. The average molecular weight is 348 g/mol. The lowest BCUT2D eigenvalue weighted by molar-refractivity contribution is 0.288. The van der Waals surface area contributed by atoms with Crippen molar-refractivity contribution in [2.45, 2.75) is 25.9 Å². The van der Waals surface area contributed by atoms with Crippen LogP contribution in [0.15, 0.2) is 67.3 Å². The van der Waals surface area contributed by atoms with Crippen molar-refractivity contribution in [1.82, 2.24) is 19.8 Å². The molecule has 4 nitrogen and oxygen atoms in total. The van der Waals surface area contributed by atoms with Crippen molar-refractivity contribution < 1.29 is 0 Å². The first kappa shape index (κ1) is 18.4. The summed E-state index contributed by atoms with van der Waals surface area (Å²) in [6.07, 6.45) is 6.65. The van der Waals surface area contributed by atoms with Crippen LogP contribution < -0.4 is 5.32 Å². The first-order valence-electron chi connectivity index (χ1n) is 9.20. The fraction of sp³-hybridized carbons (Fsp3) is 0.318. The molecule has 0 saturated heterocycles. The topological polar surface area (TPSA) is 33.1 Å². The number of nitrogens with one attached hydrogen (secondary N) is 1. The molecule has 0 aliphatic heterocycles. The minimum atomic E-state index is 0.367. The molecule has 3 rings (SSSR count). The molecule has 0 unspecified atom stereocenters. The summed E-state index contributed by atoms with van der Waals surface area (Å²) in [4.78, 5) is 6.37. The summed E-state index contributed by atoms with van der Waals surface area (Å²) in [6.45, 7) is 3.97. The number of nitrogens with zero attached hydrogens (tertiary/aromatic N) is 3. The van der Waals surface area contributed by atoms with Gasteiger partial charge in [-0.1, -0.05) is 43.3 Å². The molecule has 0 aliphatic rings. The molecule has 1 N–H and O–H groups in total. The minimum absolute atomic E-state index is 0.367. The molecule has 26 heavy (non-hydrogen) atoms. The Kier molecular flexibility index (Phi) is 6.21. The molecule has 0 saturated carbocycles. The van der Waals surface area contributed by atoms with Crippen LogP contribution in [0.1, 0.15) is 29.7 Å².